The van der Waals surface area contributed by atoms with Crippen molar-refractivity contribution < 1.29 is 4.79 Å². The highest BCUT2D eigenvalue weighted by molar-refractivity contribution is 5.78. The number of hydrogen-bond donors (Lipinski definition) is 2. The first-order valence-corrected chi connectivity index (χ1v) is 6.77. The van der Waals surface area contributed by atoms with Crippen LogP contribution in [0.2, 0.25) is 0 Å². The summed E-state index contributed by atoms with van der Waals surface area (Å²) < 4.78 is 0. The van der Waals surface area contributed by atoms with Crippen LogP contribution in [0.25, 0.3) is 0 Å². The van der Waals surface area contributed by atoms with Crippen LogP contribution in [-0.4, -0.2) is 31.4 Å². The fourth-order valence-electron chi connectivity index (χ4n) is 2.01. The van der Waals surface area contributed by atoms with Crippen LogP contribution in [0.5, 0.6) is 0 Å². The first-order valence-electron chi connectivity index (χ1n) is 6.77. The lowest BCUT2D eigenvalue weighted by atomic mass is 10.0. The summed E-state index contributed by atoms with van der Waals surface area (Å²) in [6.07, 6.45) is 0.779. The lowest BCUT2D eigenvalue weighted by Gasteiger charge is -2.16. The number of rotatable bonds is 7. The van der Waals surface area contributed by atoms with E-state index in [2.05, 4.69) is 22.3 Å². The van der Waals surface area contributed by atoms with Gasteiger partial charge in [0.2, 0.25) is 5.91 Å². The minimum absolute atomic E-state index is 0.0460. The largest absolute Gasteiger partial charge is 0.352 e. The van der Waals surface area contributed by atoms with Gasteiger partial charge in [0.1, 0.15) is 0 Å². The fraction of sp³-hybridized carbons (Fsp3) is 0.533. The van der Waals surface area contributed by atoms with Gasteiger partial charge in [-0.1, -0.05) is 31.2 Å². The molecule has 1 rings (SSSR count). The minimum Gasteiger partial charge on any atom is -0.352 e. The van der Waals surface area contributed by atoms with E-state index in [9.17, 15) is 4.79 Å². The summed E-state index contributed by atoms with van der Waals surface area (Å²) in [4.78, 5) is 14.0. The Hall–Kier alpha value is -1.39. The summed E-state index contributed by atoms with van der Waals surface area (Å²) >= 11 is 0. The molecule has 1 atom stereocenters. The number of nitrogens with two attached hydrogens (primary N) is 1. The molecule has 0 aliphatic carbocycles. The summed E-state index contributed by atoms with van der Waals surface area (Å²) in [5.41, 5.74) is 7.99. The zero-order chi connectivity index (χ0) is 14.3. The lowest BCUT2D eigenvalue weighted by Crippen LogP contribution is -2.34. The summed E-state index contributed by atoms with van der Waals surface area (Å²) in [5, 5.41) is 2.98. The highest BCUT2D eigenvalue weighted by Gasteiger charge is 2.14. The molecule has 4 nitrogen and oxygen atoms in total. The Kier molecular flexibility index (Phi) is 6.53. The van der Waals surface area contributed by atoms with Crippen LogP contribution in [0, 0.1) is 5.92 Å². The van der Waals surface area contributed by atoms with E-state index >= 15 is 0 Å². The number of nitrogens with one attached hydrogen (secondary N) is 1. The fourth-order valence-corrected chi connectivity index (χ4v) is 2.01. The van der Waals surface area contributed by atoms with Crippen LogP contribution in [0.1, 0.15) is 24.5 Å². The predicted molar refractivity (Wildman–Crippen MR) is 78.5 cm³/mol. The van der Waals surface area contributed by atoms with Crippen LogP contribution >= 0.6 is 0 Å². The number of carbonyl (C=O) groups excluding carboxylic acids is 1. The van der Waals surface area contributed by atoms with Crippen LogP contribution in [0.15, 0.2) is 24.3 Å². The van der Waals surface area contributed by atoms with E-state index in [1.807, 2.05) is 33.2 Å². The van der Waals surface area contributed by atoms with Crippen molar-refractivity contribution in [3.63, 3.8) is 0 Å². The Labute approximate surface area is 116 Å². The quantitative estimate of drug-likeness (QED) is 0.780. The van der Waals surface area contributed by atoms with Crippen molar-refractivity contribution in [1.82, 2.24) is 10.2 Å². The maximum Gasteiger partial charge on any atom is 0.224 e. The first kappa shape index (κ1) is 15.7. The topological polar surface area (TPSA) is 58.4 Å². The monoisotopic (exact) mass is 263 g/mol. The van der Waals surface area contributed by atoms with Crippen LogP contribution < -0.4 is 11.1 Å². The van der Waals surface area contributed by atoms with Gasteiger partial charge in [0.05, 0.1) is 0 Å². The summed E-state index contributed by atoms with van der Waals surface area (Å²) in [6, 6.07) is 8.18. The summed E-state index contributed by atoms with van der Waals surface area (Å²) in [5.74, 6) is -0.0364. The predicted octanol–water partition coefficient (Wildman–Crippen LogP) is 1.35. The van der Waals surface area contributed by atoms with E-state index in [0.29, 0.717) is 13.1 Å². The second-order valence-electron chi connectivity index (χ2n) is 5.07. The van der Waals surface area contributed by atoms with Gasteiger partial charge >= 0.3 is 0 Å². The van der Waals surface area contributed by atoms with Crippen molar-refractivity contribution in [2.24, 2.45) is 11.7 Å². The van der Waals surface area contributed by atoms with Crippen molar-refractivity contribution in [1.29, 1.82) is 0 Å². The number of nitrogens with zero attached hydrogens (tertiary/aromatic N) is 1. The molecule has 1 amide bonds. The van der Waals surface area contributed by atoms with E-state index in [0.717, 1.165) is 18.5 Å². The van der Waals surface area contributed by atoms with Gasteiger partial charge in [-0.2, -0.15) is 0 Å². The molecular weight excluding hydrogens is 238 g/mol. The van der Waals surface area contributed by atoms with E-state index in [4.69, 9.17) is 5.73 Å². The summed E-state index contributed by atoms with van der Waals surface area (Å²) in [6.45, 7) is 3.83. The molecule has 0 aliphatic heterocycles. The molecule has 0 saturated heterocycles. The smallest absolute Gasteiger partial charge is 0.224 e. The lowest BCUT2D eigenvalue weighted by molar-refractivity contribution is -0.124. The molecule has 4 heteroatoms. The molecule has 19 heavy (non-hydrogen) atoms. The molecule has 1 unspecified atom stereocenters. The minimum atomic E-state index is -0.0824. The van der Waals surface area contributed by atoms with Crippen molar-refractivity contribution >= 4 is 5.91 Å². The average molecular weight is 263 g/mol. The standard InChI is InChI=1S/C15H25N3O/c1-4-12(9-16)15(19)17-10-13-7-5-6-8-14(13)11-18(2)3/h5-8,12H,4,9-11,16H2,1-3H3,(H,17,19). The molecule has 0 aliphatic rings. The second-order valence-corrected chi connectivity index (χ2v) is 5.07. The SMILES string of the molecule is CCC(CN)C(=O)NCc1ccccc1CN(C)C. The third-order valence-electron chi connectivity index (χ3n) is 3.21. The van der Waals surface area contributed by atoms with Gasteiger partial charge in [-0.15, -0.1) is 0 Å². The molecule has 0 heterocycles. The maximum absolute atomic E-state index is 11.9. The third-order valence-corrected chi connectivity index (χ3v) is 3.21. The Morgan fingerprint density at radius 3 is 2.47 bits per heavy atom. The van der Waals surface area contributed by atoms with E-state index in [-0.39, 0.29) is 11.8 Å². The Morgan fingerprint density at radius 1 is 1.32 bits per heavy atom. The zero-order valence-electron chi connectivity index (χ0n) is 12.1. The van der Waals surface area contributed by atoms with Crippen LogP contribution in [0.3, 0.4) is 0 Å². The van der Waals surface area contributed by atoms with Gasteiger partial charge in [-0.25, -0.2) is 0 Å². The molecule has 3 N–H and O–H groups in total. The normalized spacial score (nSPS) is 12.5. The van der Waals surface area contributed by atoms with Gasteiger partial charge in [0.15, 0.2) is 0 Å². The van der Waals surface area contributed by atoms with Crippen molar-refractivity contribution in [3.8, 4) is 0 Å². The second kappa shape index (κ2) is 7.92. The molecule has 0 radical (unpaired) electrons. The number of benzene rings is 1. The van der Waals surface area contributed by atoms with Gasteiger partial charge in [-0.05, 0) is 31.6 Å². The van der Waals surface area contributed by atoms with Crippen LogP contribution in [0.4, 0.5) is 0 Å². The highest BCUT2D eigenvalue weighted by Crippen LogP contribution is 2.11. The number of amides is 1. The van der Waals surface area contributed by atoms with Gasteiger partial charge in [0, 0.05) is 25.6 Å². The van der Waals surface area contributed by atoms with Gasteiger partial charge < -0.3 is 16.0 Å². The first-order chi connectivity index (χ1) is 9.08. The number of hydrogen-bond acceptors (Lipinski definition) is 3. The maximum atomic E-state index is 11.9. The average Bonchev–Trinajstić information content (AvgIpc) is 2.38. The third kappa shape index (κ3) is 5.01. The number of carbonyl (C=O) groups is 1. The Morgan fingerprint density at radius 2 is 1.95 bits per heavy atom. The highest BCUT2D eigenvalue weighted by atomic mass is 16.1. The Balaban J connectivity index is 2.64. The molecule has 1 aromatic carbocycles. The molecule has 1 aromatic rings. The van der Waals surface area contributed by atoms with Crippen molar-refractivity contribution in [2.45, 2.75) is 26.4 Å². The molecular formula is C15H25N3O. The molecule has 0 spiro atoms. The molecule has 0 saturated carbocycles. The van der Waals surface area contributed by atoms with E-state index < -0.39 is 0 Å². The van der Waals surface area contributed by atoms with Gasteiger partial charge in [-0.3, -0.25) is 4.79 Å². The van der Waals surface area contributed by atoms with Crippen LogP contribution in [-0.2, 0) is 17.9 Å². The molecule has 0 bridgehead atoms. The van der Waals surface area contributed by atoms with E-state index in [1.165, 1.54) is 5.56 Å². The molecule has 106 valence electrons. The van der Waals surface area contributed by atoms with Crippen molar-refractivity contribution in [3.05, 3.63) is 35.4 Å². The van der Waals surface area contributed by atoms with Gasteiger partial charge in [0.25, 0.3) is 0 Å². The van der Waals surface area contributed by atoms with Crippen molar-refractivity contribution in [2.75, 3.05) is 20.6 Å². The molecule has 0 aromatic heterocycles. The van der Waals surface area contributed by atoms with E-state index in [1.54, 1.807) is 0 Å². The summed E-state index contributed by atoms with van der Waals surface area (Å²) in [7, 11) is 4.08. The molecule has 0 fully saturated rings. The zero-order valence-corrected chi connectivity index (χ0v) is 12.1. The Bertz CT molecular complexity index is 400.